The van der Waals surface area contributed by atoms with Crippen molar-refractivity contribution in [2.75, 3.05) is 7.05 Å². The SMILES string of the molecule is CNC1CC1c1ccc(-c2ccc(Cl)cc2)cc1.Cl. The van der Waals surface area contributed by atoms with Crippen molar-refractivity contribution < 1.29 is 0 Å². The first-order valence-electron chi connectivity index (χ1n) is 6.31. The van der Waals surface area contributed by atoms with Crippen LogP contribution in [0.5, 0.6) is 0 Å². The molecule has 0 spiro atoms. The third kappa shape index (κ3) is 3.11. The molecule has 100 valence electrons. The number of rotatable bonds is 3. The van der Waals surface area contributed by atoms with Crippen molar-refractivity contribution in [2.24, 2.45) is 0 Å². The van der Waals surface area contributed by atoms with Gasteiger partial charge in [0.15, 0.2) is 0 Å². The molecule has 2 aromatic carbocycles. The molecule has 1 nitrogen and oxygen atoms in total. The molecule has 1 aliphatic carbocycles. The van der Waals surface area contributed by atoms with Gasteiger partial charge in [-0.3, -0.25) is 0 Å². The van der Waals surface area contributed by atoms with E-state index in [1.54, 1.807) is 0 Å². The van der Waals surface area contributed by atoms with Gasteiger partial charge in [0.2, 0.25) is 0 Å². The highest BCUT2D eigenvalue weighted by Gasteiger charge is 2.36. The quantitative estimate of drug-likeness (QED) is 0.878. The fourth-order valence-electron chi connectivity index (χ4n) is 2.45. The second kappa shape index (κ2) is 5.96. The third-order valence-electron chi connectivity index (χ3n) is 3.68. The molecule has 2 atom stereocenters. The van der Waals surface area contributed by atoms with Crippen LogP contribution in [0, 0.1) is 0 Å². The zero-order valence-corrected chi connectivity index (χ0v) is 12.3. The van der Waals surface area contributed by atoms with E-state index in [-0.39, 0.29) is 12.4 Å². The number of benzene rings is 2. The molecule has 0 saturated heterocycles. The molecule has 1 saturated carbocycles. The fourth-order valence-corrected chi connectivity index (χ4v) is 2.57. The third-order valence-corrected chi connectivity index (χ3v) is 3.93. The minimum Gasteiger partial charge on any atom is -0.316 e. The van der Waals surface area contributed by atoms with Crippen LogP contribution in [-0.4, -0.2) is 13.1 Å². The molecular formula is C16H17Cl2N. The van der Waals surface area contributed by atoms with E-state index in [0.29, 0.717) is 12.0 Å². The molecule has 0 radical (unpaired) electrons. The van der Waals surface area contributed by atoms with E-state index >= 15 is 0 Å². The zero-order chi connectivity index (χ0) is 12.5. The lowest BCUT2D eigenvalue weighted by atomic mass is 10.0. The first-order valence-corrected chi connectivity index (χ1v) is 6.69. The minimum atomic E-state index is 0. The maximum Gasteiger partial charge on any atom is 0.0406 e. The van der Waals surface area contributed by atoms with Crippen LogP contribution >= 0.6 is 24.0 Å². The first-order chi connectivity index (χ1) is 8.78. The predicted octanol–water partition coefficient (Wildman–Crippen LogP) is 4.50. The van der Waals surface area contributed by atoms with Crippen LogP contribution < -0.4 is 5.32 Å². The summed E-state index contributed by atoms with van der Waals surface area (Å²) in [5.74, 6) is 0.703. The Morgan fingerprint density at radius 3 is 1.95 bits per heavy atom. The number of nitrogens with one attached hydrogen (secondary N) is 1. The molecule has 19 heavy (non-hydrogen) atoms. The Labute approximate surface area is 125 Å². The van der Waals surface area contributed by atoms with E-state index in [0.717, 1.165) is 5.02 Å². The molecule has 1 N–H and O–H groups in total. The van der Waals surface area contributed by atoms with Gasteiger partial charge in [0.05, 0.1) is 0 Å². The van der Waals surface area contributed by atoms with Gasteiger partial charge in [-0.15, -0.1) is 12.4 Å². The number of likely N-dealkylation sites (N-methyl/N-ethyl adjacent to an activating group) is 1. The standard InChI is InChI=1S/C16H16ClN.ClH/c1-18-16-10-15(16)13-4-2-11(3-5-13)12-6-8-14(17)9-7-12;/h2-9,15-16,18H,10H2,1H3;1H. The zero-order valence-electron chi connectivity index (χ0n) is 10.8. The number of hydrogen-bond donors (Lipinski definition) is 1. The van der Waals surface area contributed by atoms with Gasteiger partial charge >= 0.3 is 0 Å². The van der Waals surface area contributed by atoms with Crippen molar-refractivity contribution in [2.45, 2.75) is 18.4 Å². The lowest BCUT2D eigenvalue weighted by Crippen LogP contribution is -2.10. The van der Waals surface area contributed by atoms with Gasteiger partial charge in [-0.2, -0.15) is 0 Å². The van der Waals surface area contributed by atoms with Crippen molar-refractivity contribution in [3.8, 4) is 11.1 Å². The minimum absolute atomic E-state index is 0. The Balaban J connectivity index is 0.00000133. The summed E-state index contributed by atoms with van der Waals surface area (Å²) in [7, 11) is 2.03. The van der Waals surface area contributed by atoms with Gasteiger partial charge in [-0.1, -0.05) is 48.0 Å². The molecule has 0 bridgehead atoms. The van der Waals surface area contributed by atoms with E-state index in [4.69, 9.17) is 11.6 Å². The van der Waals surface area contributed by atoms with Crippen LogP contribution in [-0.2, 0) is 0 Å². The normalized spacial score (nSPS) is 20.7. The van der Waals surface area contributed by atoms with E-state index in [2.05, 4.69) is 41.7 Å². The summed E-state index contributed by atoms with van der Waals surface area (Å²) >= 11 is 5.90. The Kier molecular flexibility index (Phi) is 4.51. The maximum absolute atomic E-state index is 5.90. The van der Waals surface area contributed by atoms with Crippen LogP contribution in [0.25, 0.3) is 11.1 Å². The monoisotopic (exact) mass is 293 g/mol. The number of hydrogen-bond acceptors (Lipinski definition) is 1. The molecule has 0 aliphatic heterocycles. The molecule has 0 amide bonds. The molecular weight excluding hydrogens is 277 g/mol. The molecule has 2 unspecified atom stereocenters. The number of halogens is 2. The van der Waals surface area contributed by atoms with Crippen LogP contribution in [0.15, 0.2) is 48.5 Å². The van der Waals surface area contributed by atoms with Gasteiger partial charge in [-0.25, -0.2) is 0 Å². The lowest BCUT2D eigenvalue weighted by Gasteiger charge is -2.04. The smallest absolute Gasteiger partial charge is 0.0406 e. The highest BCUT2D eigenvalue weighted by molar-refractivity contribution is 6.30. The molecule has 3 heteroatoms. The molecule has 1 aliphatic rings. The molecule has 0 aromatic heterocycles. The van der Waals surface area contributed by atoms with E-state index in [1.165, 1.54) is 23.1 Å². The lowest BCUT2D eigenvalue weighted by molar-refractivity contribution is 0.784. The summed E-state index contributed by atoms with van der Waals surface area (Å²) in [6.45, 7) is 0. The van der Waals surface area contributed by atoms with Gasteiger partial charge in [0.1, 0.15) is 0 Å². The summed E-state index contributed by atoms with van der Waals surface area (Å²) in [4.78, 5) is 0. The average molecular weight is 294 g/mol. The Morgan fingerprint density at radius 2 is 1.47 bits per heavy atom. The molecule has 2 aromatic rings. The summed E-state index contributed by atoms with van der Waals surface area (Å²) in [6, 6.07) is 17.5. The average Bonchev–Trinajstić information content (AvgIpc) is 3.19. The van der Waals surface area contributed by atoms with Gasteiger partial charge in [-0.05, 0) is 42.3 Å². The van der Waals surface area contributed by atoms with Crippen molar-refractivity contribution in [1.29, 1.82) is 0 Å². The second-order valence-corrected chi connectivity index (χ2v) is 5.30. The van der Waals surface area contributed by atoms with Crippen molar-refractivity contribution in [3.05, 3.63) is 59.1 Å². The molecule has 1 fully saturated rings. The largest absolute Gasteiger partial charge is 0.316 e. The van der Waals surface area contributed by atoms with Crippen LogP contribution in [0.2, 0.25) is 5.02 Å². The Hall–Kier alpha value is -1.02. The Morgan fingerprint density at radius 1 is 0.947 bits per heavy atom. The van der Waals surface area contributed by atoms with Crippen LogP contribution in [0.4, 0.5) is 0 Å². The second-order valence-electron chi connectivity index (χ2n) is 4.87. The summed E-state index contributed by atoms with van der Waals surface area (Å²) < 4.78 is 0. The summed E-state index contributed by atoms with van der Waals surface area (Å²) in [6.07, 6.45) is 1.26. The Bertz CT molecular complexity index is 534. The predicted molar refractivity (Wildman–Crippen MR) is 84.3 cm³/mol. The highest BCUT2D eigenvalue weighted by Crippen LogP contribution is 2.40. The van der Waals surface area contributed by atoms with Crippen LogP contribution in [0.1, 0.15) is 17.9 Å². The fraction of sp³-hybridized carbons (Fsp3) is 0.250. The van der Waals surface area contributed by atoms with Gasteiger partial charge in [0.25, 0.3) is 0 Å². The topological polar surface area (TPSA) is 12.0 Å². The van der Waals surface area contributed by atoms with E-state index in [9.17, 15) is 0 Å². The summed E-state index contributed by atoms with van der Waals surface area (Å²) in [5, 5.41) is 4.11. The first kappa shape index (κ1) is 14.4. The maximum atomic E-state index is 5.90. The van der Waals surface area contributed by atoms with Gasteiger partial charge in [0, 0.05) is 17.0 Å². The van der Waals surface area contributed by atoms with Gasteiger partial charge < -0.3 is 5.32 Å². The molecule has 3 rings (SSSR count). The molecule has 0 heterocycles. The van der Waals surface area contributed by atoms with E-state index < -0.39 is 0 Å². The highest BCUT2D eigenvalue weighted by atomic mass is 35.5. The van der Waals surface area contributed by atoms with Crippen molar-refractivity contribution in [1.82, 2.24) is 5.32 Å². The van der Waals surface area contributed by atoms with Crippen molar-refractivity contribution >= 4 is 24.0 Å². The van der Waals surface area contributed by atoms with E-state index in [1.807, 2.05) is 19.2 Å². The summed E-state index contributed by atoms with van der Waals surface area (Å²) in [5.41, 5.74) is 3.90. The van der Waals surface area contributed by atoms with Crippen molar-refractivity contribution in [3.63, 3.8) is 0 Å². The van der Waals surface area contributed by atoms with Crippen LogP contribution in [0.3, 0.4) is 0 Å².